The third-order valence-corrected chi connectivity index (χ3v) is 2.75. The molecular weight excluding hydrogens is 226 g/mol. The number of hydrogen-bond acceptors (Lipinski definition) is 2. The third kappa shape index (κ3) is 1.50. The minimum Gasteiger partial charge on any atom is -0.478 e. The summed E-state index contributed by atoms with van der Waals surface area (Å²) in [6.07, 6.45) is 0. The fourth-order valence-electron chi connectivity index (χ4n) is 1.58. The number of carboxylic acid groups (broad SMARTS) is 1. The lowest BCUT2D eigenvalue weighted by molar-refractivity contribution is 0.0697. The van der Waals surface area contributed by atoms with Crippen LogP contribution in [0.25, 0.3) is 10.8 Å². The summed E-state index contributed by atoms with van der Waals surface area (Å²) >= 11 is 5.98. The van der Waals surface area contributed by atoms with Crippen molar-refractivity contribution in [1.82, 2.24) is 0 Å². The lowest BCUT2D eigenvalue weighted by Gasteiger charge is -2.05. The van der Waals surface area contributed by atoms with Gasteiger partial charge in [0.05, 0.1) is 22.2 Å². The van der Waals surface area contributed by atoms with E-state index in [4.69, 9.17) is 22.0 Å². The van der Waals surface area contributed by atoms with Gasteiger partial charge in [0.15, 0.2) is 0 Å². The third-order valence-electron chi connectivity index (χ3n) is 2.35. The molecule has 0 aliphatic rings. The van der Waals surface area contributed by atoms with Gasteiger partial charge in [-0.1, -0.05) is 29.8 Å². The van der Waals surface area contributed by atoms with Gasteiger partial charge in [0, 0.05) is 10.8 Å². The molecule has 2 rings (SSSR count). The Morgan fingerprint density at radius 3 is 2.62 bits per heavy atom. The first-order valence-corrected chi connectivity index (χ1v) is 4.87. The molecule has 2 aromatic carbocycles. The van der Waals surface area contributed by atoms with Crippen molar-refractivity contribution in [1.29, 1.82) is 5.26 Å². The van der Waals surface area contributed by atoms with Crippen LogP contribution in [0, 0.1) is 11.3 Å². The maximum Gasteiger partial charge on any atom is 0.337 e. The van der Waals surface area contributed by atoms with Crippen LogP contribution in [0.5, 0.6) is 0 Å². The highest BCUT2D eigenvalue weighted by molar-refractivity contribution is 6.38. The smallest absolute Gasteiger partial charge is 0.337 e. The van der Waals surface area contributed by atoms with Gasteiger partial charge in [-0.25, -0.2) is 4.79 Å². The highest BCUT2D eigenvalue weighted by atomic mass is 35.5. The van der Waals surface area contributed by atoms with Crippen molar-refractivity contribution in [3.63, 3.8) is 0 Å². The molecule has 4 heteroatoms. The maximum atomic E-state index is 10.9. The average Bonchev–Trinajstić information content (AvgIpc) is 2.28. The lowest BCUT2D eigenvalue weighted by atomic mass is 10.0. The van der Waals surface area contributed by atoms with Gasteiger partial charge in [-0.15, -0.1) is 0 Å². The van der Waals surface area contributed by atoms with E-state index in [1.54, 1.807) is 24.3 Å². The number of nitrogens with zero attached hydrogens (tertiary/aromatic N) is 1. The largest absolute Gasteiger partial charge is 0.478 e. The van der Waals surface area contributed by atoms with Crippen molar-refractivity contribution in [2.45, 2.75) is 0 Å². The molecule has 16 heavy (non-hydrogen) atoms. The number of nitriles is 1. The summed E-state index contributed by atoms with van der Waals surface area (Å²) in [6, 6.07) is 10.1. The molecule has 0 unspecified atom stereocenters. The fraction of sp³-hybridized carbons (Fsp3) is 0. The summed E-state index contributed by atoms with van der Waals surface area (Å²) in [5.74, 6) is -1.07. The number of carboxylic acids is 1. The Balaban J connectivity index is 2.88. The molecular formula is C12H6ClNO2. The minimum atomic E-state index is -1.07. The first-order valence-electron chi connectivity index (χ1n) is 4.50. The Labute approximate surface area is 96.5 Å². The van der Waals surface area contributed by atoms with Crippen molar-refractivity contribution >= 4 is 28.3 Å². The second kappa shape index (κ2) is 3.84. The Kier molecular flexibility index (Phi) is 2.51. The van der Waals surface area contributed by atoms with E-state index in [-0.39, 0.29) is 10.6 Å². The standard InChI is InChI=1S/C12H6ClNO2/c13-11-9-3-1-2-7(6-14)8(9)4-5-10(11)12(15)16/h1-5H,(H,15,16). The Hall–Kier alpha value is -2.05. The van der Waals surface area contributed by atoms with Crippen LogP contribution < -0.4 is 0 Å². The van der Waals surface area contributed by atoms with E-state index in [2.05, 4.69) is 0 Å². The predicted molar refractivity (Wildman–Crippen MR) is 60.6 cm³/mol. The van der Waals surface area contributed by atoms with Crippen LogP contribution >= 0.6 is 11.6 Å². The van der Waals surface area contributed by atoms with Crippen molar-refractivity contribution in [2.75, 3.05) is 0 Å². The van der Waals surface area contributed by atoms with Crippen molar-refractivity contribution < 1.29 is 9.90 Å². The summed E-state index contributed by atoms with van der Waals surface area (Å²) in [6.45, 7) is 0. The monoisotopic (exact) mass is 231 g/mol. The molecule has 0 saturated carbocycles. The molecule has 0 saturated heterocycles. The summed E-state index contributed by atoms with van der Waals surface area (Å²) in [5, 5.41) is 19.2. The van der Waals surface area contributed by atoms with Crippen LogP contribution in [0.3, 0.4) is 0 Å². The van der Waals surface area contributed by atoms with Crippen LogP contribution in [0.15, 0.2) is 30.3 Å². The Morgan fingerprint density at radius 2 is 2.00 bits per heavy atom. The molecule has 0 aliphatic heterocycles. The molecule has 0 bridgehead atoms. The zero-order valence-corrected chi connectivity index (χ0v) is 8.82. The number of halogens is 1. The van der Waals surface area contributed by atoms with Gasteiger partial charge in [-0.2, -0.15) is 5.26 Å². The van der Waals surface area contributed by atoms with Crippen LogP contribution in [0.2, 0.25) is 5.02 Å². The normalized spacial score (nSPS) is 10.0. The quantitative estimate of drug-likeness (QED) is 0.821. The highest BCUT2D eigenvalue weighted by Crippen LogP contribution is 2.29. The molecule has 0 spiro atoms. The van der Waals surface area contributed by atoms with Crippen molar-refractivity contribution in [3.8, 4) is 6.07 Å². The summed E-state index contributed by atoms with van der Waals surface area (Å²) in [5.41, 5.74) is 0.528. The van der Waals surface area contributed by atoms with Gasteiger partial charge in [0.1, 0.15) is 0 Å². The van der Waals surface area contributed by atoms with Gasteiger partial charge in [-0.05, 0) is 12.1 Å². The number of benzene rings is 2. The zero-order chi connectivity index (χ0) is 11.7. The van der Waals surface area contributed by atoms with Crippen LogP contribution in [0.1, 0.15) is 15.9 Å². The predicted octanol–water partition coefficient (Wildman–Crippen LogP) is 3.06. The molecule has 2 aromatic rings. The van der Waals surface area contributed by atoms with E-state index in [1.807, 2.05) is 6.07 Å². The number of carbonyl (C=O) groups is 1. The van der Waals surface area contributed by atoms with Gasteiger partial charge in [0.2, 0.25) is 0 Å². The first kappa shape index (κ1) is 10.5. The number of aromatic carboxylic acids is 1. The zero-order valence-electron chi connectivity index (χ0n) is 8.07. The van der Waals surface area contributed by atoms with E-state index in [1.165, 1.54) is 6.07 Å². The number of fused-ring (bicyclic) bond motifs is 1. The molecule has 78 valence electrons. The molecule has 0 aliphatic carbocycles. The molecule has 3 nitrogen and oxygen atoms in total. The van der Waals surface area contributed by atoms with Gasteiger partial charge >= 0.3 is 5.97 Å². The minimum absolute atomic E-state index is 0.0456. The Bertz CT molecular complexity index is 629. The van der Waals surface area contributed by atoms with E-state index >= 15 is 0 Å². The number of hydrogen-bond donors (Lipinski definition) is 1. The topological polar surface area (TPSA) is 61.1 Å². The van der Waals surface area contributed by atoms with Gasteiger partial charge < -0.3 is 5.11 Å². The second-order valence-corrected chi connectivity index (χ2v) is 3.62. The van der Waals surface area contributed by atoms with Crippen LogP contribution in [-0.4, -0.2) is 11.1 Å². The lowest BCUT2D eigenvalue weighted by Crippen LogP contribution is -1.97. The van der Waals surface area contributed by atoms with Crippen molar-refractivity contribution in [2.24, 2.45) is 0 Å². The van der Waals surface area contributed by atoms with E-state index in [0.717, 1.165) is 0 Å². The van der Waals surface area contributed by atoms with E-state index in [9.17, 15) is 4.79 Å². The SMILES string of the molecule is N#Cc1cccc2c(Cl)c(C(=O)O)ccc12. The second-order valence-electron chi connectivity index (χ2n) is 3.24. The number of rotatable bonds is 1. The van der Waals surface area contributed by atoms with E-state index < -0.39 is 5.97 Å². The van der Waals surface area contributed by atoms with Crippen molar-refractivity contribution in [3.05, 3.63) is 46.5 Å². The summed E-state index contributed by atoms with van der Waals surface area (Å²) < 4.78 is 0. The first-order chi connectivity index (χ1) is 7.65. The van der Waals surface area contributed by atoms with Gasteiger partial charge in [-0.3, -0.25) is 0 Å². The Morgan fingerprint density at radius 1 is 1.25 bits per heavy atom. The van der Waals surface area contributed by atoms with Crippen LogP contribution in [-0.2, 0) is 0 Å². The average molecular weight is 232 g/mol. The highest BCUT2D eigenvalue weighted by Gasteiger charge is 2.12. The van der Waals surface area contributed by atoms with E-state index in [0.29, 0.717) is 16.3 Å². The molecule has 0 heterocycles. The molecule has 0 fully saturated rings. The van der Waals surface area contributed by atoms with Gasteiger partial charge in [0.25, 0.3) is 0 Å². The molecule has 0 amide bonds. The van der Waals surface area contributed by atoms with Crippen LogP contribution in [0.4, 0.5) is 0 Å². The molecule has 0 radical (unpaired) electrons. The summed E-state index contributed by atoms with van der Waals surface area (Å²) in [4.78, 5) is 10.9. The molecule has 0 aromatic heterocycles. The molecule has 0 atom stereocenters. The fourth-order valence-corrected chi connectivity index (χ4v) is 1.89. The summed E-state index contributed by atoms with van der Waals surface area (Å²) in [7, 11) is 0. The maximum absolute atomic E-state index is 10.9. The molecule has 1 N–H and O–H groups in total.